The number of sulfonamides is 1. The first-order chi connectivity index (χ1) is 20.9. The van der Waals surface area contributed by atoms with E-state index in [-0.39, 0.29) is 63.3 Å². The zero-order chi connectivity index (χ0) is 31.9. The van der Waals surface area contributed by atoms with Crippen LogP contribution in [-0.2, 0) is 29.6 Å². The molecule has 10 nitrogen and oxygen atoms in total. The molecule has 3 aromatic carbocycles. The SMILES string of the molecule is COC(=O)c1cc(NS(=O)(=O)c2ccc(C(C)(C)C)cc2)c(Oc2cc(OC)ccc2Cl)c(OCCOC2CCCCO2)c1. The van der Waals surface area contributed by atoms with Crippen molar-refractivity contribution in [2.45, 2.75) is 56.6 Å². The van der Waals surface area contributed by atoms with Gasteiger partial charge < -0.3 is 28.4 Å². The van der Waals surface area contributed by atoms with E-state index < -0.39 is 16.0 Å². The molecule has 1 N–H and O–H groups in total. The molecule has 0 aromatic heterocycles. The lowest BCUT2D eigenvalue weighted by Crippen LogP contribution is -2.24. The summed E-state index contributed by atoms with van der Waals surface area (Å²) >= 11 is 6.44. The molecule has 1 aliphatic rings. The molecule has 0 spiro atoms. The van der Waals surface area contributed by atoms with Gasteiger partial charge in [0.1, 0.15) is 18.1 Å². The van der Waals surface area contributed by atoms with Crippen molar-refractivity contribution in [3.63, 3.8) is 0 Å². The summed E-state index contributed by atoms with van der Waals surface area (Å²) in [7, 11) is -1.44. The van der Waals surface area contributed by atoms with Crippen molar-refractivity contribution in [1.82, 2.24) is 0 Å². The second-order valence-electron chi connectivity index (χ2n) is 11.1. The van der Waals surface area contributed by atoms with Crippen molar-refractivity contribution in [2.75, 3.05) is 38.8 Å². The van der Waals surface area contributed by atoms with Gasteiger partial charge in [-0.2, -0.15) is 0 Å². The van der Waals surface area contributed by atoms with Gasteiger partial charge in [-0.05, 0) is 66.6 Å². The van der Waals surface area contributed by atoms with Crippen LogP contribution in [0.1, 0.15) is 56.0 Å². The third-order valence-corrected chi connectivity index (χ3v) is 8.58. The Morgan fingerprint density at radius 1 is 1.00 bits per heavy atom. The van der Waals surface area contributed by atoms with Gasteiger partial charge in [-0.1, -0.05) is 44.5 Å². The average Bonchev–Trinajstić information content (AvgIpc) is 3.01. The van der Waals surface area contributed by atoms with Crippen LogP contribution in [0, 0.1) is 0 Å². The van der Waals surface area contributed by atoms with Crippen molar-refractivity contribution in [1.29, 1.82) is 0 Å². The summed E-state index contributed by atoms with van der Waals surface area (Å²) in [6.45, 7) is 6.97. The average molecular weight is 648 g/mol. The molecule has 1 fully saturated rings. The summed E-state index contributed by atoms with van der Waals surface area (Å²) in [6, 6.07) is 14.1. The highest BCUT2D eigenvalue weighted by atomic mass is 35.5. The van der Waals surface area contributed by atoms with Crippen molar-refractivity contribution < 1.29 is 41.6 Å². The molecule has 1 aliphatic heterocycles. The van der Waals surface area contributed by atoms with Gasteiger partial charge in [0.15, 0.2) is 17.8 Å². The second kappa shape index (κ2) is 14.5. The minimum Gasteiger partial charge on any atom is -0.497 e. The number of methoxy groups -OCH3 is 2. The third-order valence-electron chi connectivity index (χ3n) is 6.88. The zero-order valence-corrected chi connectivity index (χ0v) is 27.0. The summed E-state index contributed by atoms with van der Waals surface area (Å²) in [5.74, 6) is -0.0523. The maximum Gasteiger partial charge on any atom is 0.338 e. The Morgan fingerprint density at radius 2 is 1.75 bits per heavy atom. The van der Waals surface area contributed by atoms with Crippen LogP contribution < -0.4 is 18.9 Å². The van der Waals surface area contributed by atoms with E-state index in [9.17, 15) is 13.2 Å². The molecule has 0 saturated carbocycles. The maximum absolute atomic E-state index is 13.6. The van der Waals surface area contributed by atoms with E-state index >= 15 is 0 Å². The fourth-order valence-electron chi connectivity index (χ4n) is 4.44. The topological polar surface area (TPSA) is 119 Å². The highest BCUT2D eigenvalue weighted by Gasteiger charge is 2.25. The molecule has 0 aliphatic carbocycles. The van der Waals surface area contributed by atoms with Crippen LogP contribution in [-0.4, -0.2) is 54.7 Å². The van der Waals surface area contributed by atoms with Gasteiger partial charge in [0.2, 0.25) is 0 Å². The monoisotopic (exact) mass is 647 g/mol. The molecule has 0 radical (unpaired) electrons. The number of nitrogens with one attached hydrogen (secondary N) is 1. The van der Waals surface area contributed by atoms with E-state index in [1.54, 1.807) is 30.3 Å². The Kier molecular flexibility index (Phi) is 11.0. The number of halogens is 1. The van der Waals surface area contributed by atoms with Crippen LogP contribution >= 0.6 is 11.6 Å². The van der Waals surface area contributed by atoms with Crippen LogP contribution in [0.15, 0.2) is 59.5 Å². The number of carbonyl (C=O) groups excluding carboxylic acids is 1. The first kappa shape index (κ1) is 33.4. The Morgan fingerprint density at radius 3 is 2.39 bits per heavy atom. The number of esters is 1. The van der Waals surface area contributed by atoms with Gasteiger partial charge >= 0.3 is 5.97 Å². The van der Waals surface area contributed by atoms with E-state index in [4.69, 9.17) is 40.0 Å². The van der Waals surface area contributed by atoms with Crippen molar-refractivity contribution >= 4 is 33.3 Å². The largest absolute Gasteiger partial charge is 0.497 e. The van der Waals surface area contributed by atoms with Crippen molar-refractivity contribution in [2.24, 2.45) is 0 Å². The molecule has 1 unspecified atom stereocenters. The predicted octanol–water partition coefficient (Wildman–Crippen LogP) is 6.95. The van der Waals surface area contributed by atoms with Gasteiger partial charge in [0.25, 0.3) is 10.0 Å². The van der Waals surface area contributed by atoms with Crippen LogP contribution in [0.25, 0.3) is 0 Å². The van der Waals surface area contributed by atoms with E-state index in [1.165, 1.54) is 38.5 Å². The number of carbonyl (C=O) groups is 1. The molecule has 1 heterocycles. The highest BCUT2D eigenvalue weighted by molar-refractivity contribution is 7.92. The standard InChI is InChI=1S/C32H38ClNO9S/c1-32(2,3)22-9-12-24(13-10-22)44(36,37)34-26-18-21(31(35)39-5)19-28(40-16-17-42-29-8-6-7-15-41-29)30(26)43-27-20-23(38-4)11-14-25(27)33/h9-14,18-20,29,34H,6-8,15-17H2,1-5H3. The fraction of sp³-hybridized carbons (Fsp3) is 0.406. The Balaban J connectivity index is 1.73. The van der Waals surface area contributed by atoms with Gasteiger partial charge in [0, 0.05) is 12.7 Å². The second-order valence-corrected chi connectivity index (χ2v) is 13.2. The Hall–Kier alpha value is -3.51. The number of rotatable bonds is 12. The quantitative estimate of drug-likeness (QED) is 0.165. The Labute approximate surface area is 263 Å². The summed E-state index contributed by atoms with van der Waals surface area (Å²) in [5.41, 5.74) is 0.764. The van der Waals surface area contributed by atoms with Crippen LogP contribution in [0.3, 0.4) is 0 Å². The first-order valence-corrected chi connectivity index (χ1v) is 16.0. The van der Waals surface area contributed by atoms with Gasteiger partial charge in [0.05, 0.1) is 42.0 Å². The fourth-order valence-corrected chi connectivity index (χ4v) is 5.65. The van der Waals surface area contributed by atoms with Crippen LogP contribution in [0.2, 0.25) is 5.02 Å². The number of ether oxygens (including phenoxy) is 6. The van der Waals surface area contributed by atoms with E-state index in [0.717, 1.165) is 24.8 Å². The van der Waals surface area contributed by atoms with E-state index in [2.05, 4.69) is 4.72 Å². The third kappa shape index (κ3) is 8.56. The lowest BCUT2D eigenvalue weighted by molar-refractivity contribution is -0.165. The summed E-state index contributed by atoms with van der Waals surface area (Å²) in [5, 5.41) is 0.234. The molecule has 0 bridgehead atoms. The normalized spacial score (nSPS) is 15.4. The number of hydrogen-bond acceptors (Lipinski definition) is 9. The minimum atomic E-state index is -4.16. The van der Waals surface area contributed by atoms with E-state index in [0.29, 0.717) is 12.4 Å². The molecule has 44 heavy (non-hydrogen) atoms. The molecule has 12 heteroatoms. The Bertz CT molecular complexity index is 1550. The van der Waals surface area contributed by atoms with E-state index in [1.807, 2.05) is 20.8 Å². The van der Waals surface area contributed by atoms with Gasteiger partial charge in [-0.3, -0.25) is 4.72 Å². The molecule has 4 rings (SSSR count). The molecule has 3 aromatic rings. The molecular formula is C32H38ClNO9S. The van der Waals surface area contributed by atoms with Crippen molar-refractivity contribution in [3.8, 4) is 23.0 Å². The predicted molar refractivity (Wildman–Crippen MR) is 167 cm³/mol. The minimum absolute atomic E-state index is 0.0164. The van der Waals surface area contributed by atoms with Crippen LogP contribution in [0.5, 0.6) is 23.0 Å². The number of benzene rings is 3. The maximum atomic E-state index is 13.6. The number of anilines is 1. The lowest BCUT2D eigenvalue weighted by Gasteiger charge is -2.23. The summed E-state index contributed by atoms with van der Waals surface area (Å²) in [6.07, 6.45) is 2.45. The molecule has 238 valence electrons. The first-order valence-electron chi connectivity index (χ1n) is 14.2. The molecule has 0 amide bonds. The van der Waals surface area contributed by atoms with Crippen molar-refractivity contribution in [3.05, 3.63) is 70.7 Å². The highest BCUT2D eigenvalue weighted by Crippen LogP contribution is 2.44. The number of hydrogen-bond donors (Lipinski definition) is 1. The van der Waals surface area contributed by atoms with Gasteiger partial charge in [-0.15, -0.1) is 0 Å². The summed E-state index contributed by atoms with van der Waals surface area (Å²) < 4.78 is 63.7. The van der Waals surface area contributed by atoms with Crippen LogP contribution in [0.4, 0.5) is 5.69 Å². The smallest absolute Gasteiger partial charge is 0.338 e. The van der Waals surface area contributed by atoms with Gasteiger partial charge in [-0.25, -0.2) is 13.2 Å². The summed E-state index contributed by atoms with van der Waals surface area (Å²) in [4.78, 5) is 12.7. The molecule has 1 atom stereocenters. The molecule has 1 saturated heterocycles. The zero-order valence-electron chi connectivity index (χ0n) is 25.5. The molecular weight excluding hydrogens is 610 g/mol. The lowest BCUT2D eigenvalue weighted by atomic mass is 9.87.